The minimum absolute atomic E-state index is 0.0196. The van der Waals surface area contributed by atoms with Crippen LogP contribution < -0.4 is 20.4 Å². The molecule has 9 nitrogen and oxygen atoms in total. The highest BCUT2D eigenvalue weighted by Crippen LogP contribution is 2.33. The van der Waals surface area contributed by atoms with E-state index in [4.69, 9.17) is 4.98 Å². The molecule has 0 aromatic carbocycles. The van der Waals surface area contributed by atoms with Crippen LogP contribution in [0.5, 0.6) is 0 Å². The number of carbonyl (C=O) groups excluding carboxylic acids is 1. The molecule has 2 atom stereocenters. The fraction of sp³-hybridized carbons (Fsp3) is 0.500. The molecule has 9 heteroatoms. The molecule has 0 aliphatic carbocycles. The second-order valence-corrected chi connectivity index (χ2v) is 9.53. The van der Waals surface area contributed by atoms with E-state index in [1.54, 1.807) is 0 Å². The molecule has 0 saturated carbocycles. The minimum atomic E-state index is -0.334. The van der Waals surface area contributed by atoms with Gasteiger partial charge in [0.1, 0.15) is 17.7 Å². The summed E-state index contributed by atoms with van der Waals surface area (Å²) in [5, 5.41) is 6.29. The molecule has 3 aliphatic heterocycles. The summed E-state index contributed by atoms with van der Waals surface area (Å²) in [6.45, 7) is 9.18. The summed E-state index contributed by atoms with van der Waals surface area (Å²) in [5.41, 5.74) is 2.06. The van der Waals surface area contributed by atoms with Gasteiger partial charge in [0.2, 0.25) is 11.9 Å². The van der Waals surface area contributed by atoms with E-state index in [0.29, 0.717) is 24.2 Å². The van der Waals surface area contributed by atoms with Gasteiger partial charge in [0.15, 0.2) is 0 Å². The zero-order chi connectivity index (χ0) is 22.9. The molecule has 2 aromatic rings. The Bertz CT molecular complexity index is 1030. The van der Waals surface area contributed by atoms with Crippen LogP contribution in [0, 0.1) is 5.92 Å². The van der Waals surface area contributed by atoms with Gasteiger partial charge in [0.05, 0.1) is 11.9 Å². The van der Waals surface area contributed by atoms with Gasteiger partial charge in [-0.25, -0.2) is 9.97 Å². The third-order valence-corrected chi connectivity index (χ3v) is 6.57. The van der Waals surface area contributed by atoms with Crippen molar-refractivity contribution >= 4 is 35.3 Å². The Morgan fingerprint density at radius 2 is 1.97 bits per heavy atom. The van der Waals surface area contributed by atoms with Crippen molar-refractivity contribution in [1.29, 1.82) is 0 Å². The Hall–Kier alpha value is -3.20. The molecule has 2 fully saturated rings. The largest absolute Gasteiger partial charge is 0.368 e. The van der Waals surface area contributed by atoms with Crippen molar-refractivity contribution in [3.63, 3.8) is 0 Å². The molecular formula is C24H32N8O. The highest BCUT2D eigenvalue weighted by atomic mass is 16.2. The Balaban J connectivity index is 1.35. The SMILES string of the molecule is CC(C)C[C@@H]1CNC(=O)C2C=Cc3cnc(Nc4ccc(N5CCN(C)CC5)cn4)nc3N21. The predicted molar refractivity (Wildman–Crippen MR) is 131 cm³/mol. The van der Waals surface area contributed by atoms with Gasteiger partial charge in [-0.05, 0) is 31.5 Å². The Labute approximate surface area is 194 Å². The summed E-state index contributed by atoms with van der Waals surface area (Å²) >= 11 is 0. The fourth-order valence-electron chi connectivity index (χ4n) is 4.79. The van der Waals surface area contributed by atoms with Gasteiger partial charge in [0.25, 0.3) is 0 Å². The van der Waals surface area contributed by atoms with Crippen molar-refractivity contribution < 1.29 is 4.79 Å². The number of hydrogen-bond acceptors (Lipinski definition) is 8. The van der Waals surface area contributed by atoms with E-state index >= 15 is 0 Å². The zero-order valence-electron chi connectivity index (χ0n) is 19.5. The fourth-order valence-corrected chi connectivity index (χ4v) is 4.79. The van der Waals surface area contributed by atoms with Gasteiger partial charge < -0.3 is 25.3 Å². The Kier molecular flexibility index (Phi) is 5.88. The Morgan fingerprint density at radius 1 is 1.15 bits per heavy atom. The van der Waals surface area contributed by atoms with E-state index in [1.165, 1.54) is 0 Å². The molecule has 1 unspecified atom stereocenters. The summed E-state index contributed by atoms with van der Waals surface area (Å²) in [6.07, 6.45) is 8.58. The van der Waals surface area contributed by atoms with Crippen LogP contribution in [0.15, 0.2) is 30.6 Å². The first-order valence-corrected chi connectivity index (χ1v) is 11.8. The lowest BCUT2D eigenvalue weighted by Gasteiger charge is -2.44. The van der Waals surface area contributed by atoms with Gasteiger partial charge in [0, 0.05) is 50.5 Å². The number of aromatic nitrogens is 3. The molecule has 0 radical (unpaired) electrons. The van der Waals surface area contributed by atoms with Gasteiger partial charge in [-0.15, -0.1) is 0 Å². The van der Waals surface area contributed by atoms with Gasteiger partial charge in [-0.3, -0.25) is 4.79 Å². The third-order valence-electron chi connectivity index (χ3n) is 6.57. The first kappa shape index (κ1) is 21.6. The molecule has 1 amide bonds. The predicted octanol–water partition coefficient (Wildman–Crippen LogP) is 2.11. The van der Waals surface area contributed by atoms with Crippen molar-refractivity contribution in [3.8, 4) is 0 Å². The van der Waals surface area contributed by atoms with E-state index in [2.05, 4.69) is 62.3 Å². The second-order valence-electron chi connectivity index (χ2n) is 9.53. The first-order valence-electron chi connectivity index (χ1n) is 11.8. The normalized spacial score (nSPS) is 22.7. The summed E-state index contributed by atoms with van der Waals surface area (Å²) < 4.78 is 0. The lowest BCUT2D eigenvalue weighted by molar-refractivity contribution is -0.122. The number of likely N-dealkylation sites (N-methyl/N-ethyl adjacent to an activating group) is 1. The van der Waals surface area contributed by atoms with Crippen molar-refractivity contribution in [3.05, 3.63) is 36.2 Å². The minimum Gasteiger partial charge on any atom is -0.368 e. The zero-order valence-corrected chi connectivity index (χ0v) is 19.5. The monoisotopic (exact) mass is 448 g/mol. The number of piperazine rings is 2. The van der Waals surface area contributed by atoms with Gasteiger partial charge in [-0.1, -0.05) is 26.0 Å². The van der Waals surface area contributed by atoms with Crippen LogP contribution >= 0.6 is 0 Å². The van der Waals surface area contributed by atoms with Crippen LogP contribution in [0.1, 0.15) is 25.8 Å². The maximum atomic E-state index is 12.5. The van der Waals surface area contributed by atoms with Crippen molar-refractivity contribution in [2.24, 2.45) is 5.92 Å². The summed E-state index contributed by atoms with van der Waals surface area (Å²) in [6, 6.07) is 3.92. The molecule has 2 N–H and O–H groups in total. The van der Waals surface area contributed by atoms with Gasteiger partial charge >= 0.3 is 0 Å². The maximum absolute atomic E-state index is 12.5. The second kappa shape index (κ2) is 8.97. The summed E-state index contributed by atoms with van der Waals surface area (Å²) in [5.74, 6) is 2.52. The number of nitrogens with one attached hydrogen (secondary N) is 2. The third kappa shape index (κ3) is 4.50. The molecule has 5 rings (SSSR count). The molecule has 2 saturated heterocycles. The van der Waals surface area contributed by atoms with E-state index in [9.17, 15) is 4.79 Å². The van der Waals surface area contributed by atoms with Crippen LogP contribution in [0.3, 0.4) is 0 Å². The highest BCUT2D eigenvalue weighted by Gasteiger charge is 2.38. The number of anilines is 4. The number of pyridine rings is 1. The topological polar surface area (TPSA) is 89.5 Å². The number of fused-ring (bicyclic) bond motifs is 3. The quantitative estimate of drug-likeness (QED) is 0.719. The van der Waals surface area contributed by atoms with Crippen LogP contribution in [-0.2, 0) is 4.79 Å². The smallest absolute Gasteiger partial charge is 0.246 e. The van der Waals surface area contributed by atoms with Crippen LogP contribution in [-0.4, -0.2) is 77.6 Å². The van der Waals surface area contributed by atoms with Crippen LogP contribution in [0.25, 0.3) is 6.08 Å². The standard InChI is InChI=1S/C24H32N8O/c1-16(2)12-19-15-26-23(33)20-6-4-17-13-27-24(29-22(17)32(19)20)28-21-7-5-18(14-25-21)31-10-8-30(3)9-11-31/h4-7,13-14,16,19-20H,8-12,15H2,1-3H3,(H,26,33)(H,25,27,28,29)/t19-,20?/m1/s1. The molecular weight excluding hydrogens is 416 g/mol. The maximum Gasteiger partial charge on any atom is 0.246 e. The van der Waals surface area contributed by atoms with Crippen molar-refractivity contribution in [1.82, 2.24) is 25.2 Å². The summed E-state index contributed by atoms with van der Waals surface area (Å²) in [4.78, 5) is 33.3. The average Bonchev–Trinajstić information content (AvgIpc) is 2.81. The number of nitrogens with zero attached hydrogens (tertiary/aromatic N) is 6. The molecule has 2 aromatic heterocycles. The van der Waals surface area contributed by atoms with Crippen LogP contribution in [0.4, 0.5) is 23.3 Å². The lowest BCUT2D eigenvalue weighted by atomic mass is 9.95. The number of hydrogen-bond donors (Lipinski definition) is 2. The van der Waals surface area contributed by atoms with E-state index in [1.807, 2.05) is 30.6 Å². The average molecular weight is 449 g/mol. The van der Waals surface area contributed by atoms with Crippen molar-refractivity contribution in [2.45, 2.75) is 32.4 Å². The first-order chi connectivity index (χ1) is 16.0. The Morgan fingerprint density at radius 3 is 2.70 bits per heavy atom. The number of carbonyl (C=O) groups is 1. The van der Waals surface area contributed by atoms with E-state index < -0.39 is 0 Å². The highest BCUT2D eigenvalue weighted by molar-refractivity contribution is 5.92. The summed E-state index contributed by atoms with van der Waals surface area (Å²) in [7, 11) is 2.15. The van der Waals surface area contributed by atoms with Gasteiger partial charge in [-0.2, -0.15) is 4.98 Å². The van der Waals surface area contributed by atoms with E-state index in [-0.39, 0.29) is 18.0 Å². The number of amides is 1. The molecule has 0 spiro atoms. The van der Waals surface area contributed by atoms with E-state index in [0.717, 1.165) is 49.7 Å². The molecule has 174 valence electrons. The van der Waals surface area contributed by atoms with Crippen LogP contribution in [0.2, 0.25) is 0 Å². The molecule has 5 heterocycles. The lowest BCUT2D eigenvalue weighted by Crippen LogP contribution is -2.61. The molecule has 33 heavy (non-hydrogen) atoms. The molecule has 3 aliphatic rings. The molecule has 0 bridgehead atoms. The van der Waals surface area contributed by atoms with Crippen molar-refractivity contribution in [2.75, 3.05) is 54.9 Å². The number of rotatable bonds is 5.